The van der Waals surface area contributed by atoms with Gasteiger partial charge in [-0.15, -0.1) is 0 Å². The van der Waals surface area contributed by atoms with Gasteiger partial charge in [0.25, 0.3) is 5.69 Å². The molecule has 1 aliphatic rings. The molecule has 1 N–H and O–H groups in total. The van der Waals surface area contributed by atoms with Gasteiger partial charge in [0.05, 0.1) is 11.3 Å². The van der Waals surface area contributed by atoms with Crippen LogP contribution in [-0.2, 0) is 11.3 Å². The molecular weight excluding hydrogens is 342 g/mol. The first-order chi connectivity index (χ1) is 12.0. The summed E-state index contributed by atoms with van der Waals surface area (Å²) in [6, 6.07) is 15.0. The van der Waals surface area contributed by atoms with Crippen molar-refractivity contribution in [1.29, 1.82) is 0 Å². The molecule has 2 aromatic carbocycles. The number of carbonyl (C=O) groups excluding carboxylic acids is 2. The smallest absolute Gasteiger partial charge is 0.325 e. The fourth-order valence-corrected chi connectivity index (χ4v) is 3.54. The van der Waals surface area contributed by atoms with Gasteiger partial charge in [0.15, 0.2) is 0 Å². The summed E-state index contributed by atoms with van der Waals surface area (Å²) in [6.45, 7) is 0.346. The molecule has 128 valence electrons. The monoisotopic (exact) mass is 357 g/mol. The number of nitrogens with one attached hydrogen (secondary N) is 1. The van der Waals surface area contributed by atoms with Crippen LogP contribution in [0.25, 0.3) is 0 Å². The molecular formula is C17H15N3O4S. The van der Waals surface area contributed by atoms with Gasteiger partial charge in [-0.25, -0.2) is 4.79 Å². The minimum absolute atomic E-state index is 0.00601. The summed E-state index contributed by atoms with van der Waals surface area (Å²) in [6.07, 6.45) is 0.264. The summed E-state index contributed by atoms with van der Waals surface area (Å²) in [5, 5.41) is 13.1. The molecule has 1 aliphatic heterocycles. The van der Waals surface area contributed by atoms with E-state index in [-0.39, 0.29) is 23.4 Å². The number of carbonyl (C=O) groups is 2. The zero-order valence-electron chi connectivity index (χ0n) is 13.1. The number of β-lactam (4-membered cyclic amide) rings is 1. The Balaban J connectivity index is 1.58. The number of nitro benzene ring substituents is 1. The molecule has 1 heterocycles. The fraction of sp³-hybridized carbons (Fsp3) is 0.176. The molecule has 1 saturated heterocycles. The number of benzene rings is 2. The first kappa shape index (κ1) is 17.0. The van der Waals surface area contributed by atoms with Crippen LogP contribution in [0.15, 0.2) is 59.5 Å². The summed E-state index contributed by atoms with van der Waals surface area (Å²) < 4.78 is 0. The normalized spacial score (nSPS) is 16.2. The highest BCUT2D eigenvalue weighted by atomic mass is 32.2. The number of thioether (sulfide) groups is 1. The van der Waals surface area contributed by atoms with E-state index in [2.05, 4.69) is 5.32 Å². The van der Waals surface area contributed by atoms with Crippen molar-refractivity contribution in [2.75, 3.05) is 0 Å². The molecule has 0 spiro atoms. The number of imide groups is 1. The Morgan fingerprint density at radius 2 is 1.88 bits per heavy atom. The molecule has 2 aromatic rings. The number of nitrogens with zero attached hydrogens (tertiary/aromatic N) is 2. The molecule has 0 radical (unpaired) electrons. The maximum absolute atomic E-state index is 12.2. The zero-order chi connectivity index (χ0) is 17.8. The van der Waals surface area contributed by atoms with Crippen LogP contribution in [0, 0.1) is 10.1 Å². The lowest BCUT2D eigenvalue weighted by Gasteiger charge is -2.37. The van der Waals surface area contributed by atoms with Crippen LogP contribution in [-0.4, -0.2) is 27.1 Å². The Hall–Kier alpha value is -2.87. The minimum Gasteiger partial charge on any atom is -0.334 e. The maximum atomic E-state index is 12.2. The lowest BCUT2D eigenvalue weighted by Crippen LogP contribution is -2.57. The van der Waals surface area contributed by atoms with Crippen molar-refractivity contribution >= 4 is 29.4 Å². The fourth-order valence-electron chi connectivity index (χ4n) is 2.39. The topological polar surface area (TPSA) is 92.5 Å². The number of hydrogen-bond donors (Lipinski definition) is 1. The zero-order valence-corrected chi connectivity index (χ0v) is 13.9. The van der Waals surface area contributed by atoms with Crippen LogP contribution in [0.3, 0.4) is 0 Å². The molecule has 0 bridgehead atoms. The van der Waals surface area contributed by atoms with Gasteiger partial charge in [-0.3, -0.25) is 19.8 Å². The number of non-ortho nitro benzene ring substituents is 1. The third-order valence-corrected chi connectivity index (χ3v) is 4.92. The summed E-state index contributed by atoms with van der Waals surface area (Å²) in [5.41, 5.74) is 0.954. The third-order valence-electron chi connectivity index (χ3n) is 3.73. The molecule has 1 fully saturated rings. The van der Waals surface area contributed by atoms with Gasteiger partial charge in [-0.05, 0) is 17.7 Å². The summed E-state index contributed by atoms with van der Waals surface area (Å²) in [5.74, 6) is -0.232. The van der Waals surface area contributed by atoms with Crippen LogP contribution < -0.4 is 5.32 Å². The van der Waals surface area contributed by atoms with Crippen molar-refractivity contribution in [3.8, 4) is 0 Å². The number of rotatable bonds is 5. The lowest BCUT2D eigenvalue weighted by molar-refractivity contribution is -0.384. The highest BCUT2D eigenvalue weighted by molar-refractivity contribution is 8.00. The third kappa shape index (κ3) is 3.97. The van der Waals surface area contributed by atoms with E-state index in [1.807, 2.05) is 30.3 Å². The van der Waals surface area contributed by atoms with E-state index < -0.39 is 11.0 Å². The van der Waals surface area contributed by atoms with Crippen molar-refractivity contribution < 1.29 is 14.5 Å². The van der Waals surface area contributed by atoms with Gasteiger partial charge < -0.3 is 5.32 Å². The van der Waals surface area contributed by atoms with E-state index in [9.17, 15) is 19.7 Å². The van der Waals surface area contributed by atoms with Crippen molar-refractivity contribution in [3.63, 3.8) is 0 Å². The highest BCUT2D eigenvalue weighted by Gasteiger charge is 2.41. The van der Waals surface area contributed by atoms with Gasteiger partial charge in [0.1, 0.15) is 5.37 Å². The number of amides is 3. The largest absolute Gasteiger partial charge is 0.334 e. The average molecular weight is 357 g/mol. The van der Waals surface area contributed by atoms with Gasteiger partial charge >= 0.3 is 6.03 Å². The van der Waals surface area contributed by atoms with Crippen LogP contribution in [0.1, 0.15) is 12.0 Å². The molecule has 8 heteroatoms. The Morgan fingerprint density at radius 1 is 1.20 bits per heavy atom. The number of nitro groups is 1. The van der Waals surface area contributed by atoms with Crippen molar-refractivity contribution in [1.82, 2.24) is 10.2 Å². The van der Waals surface area contributed by atoms with Gasteiger partial charge in [-0.1, -0.05) is 42.1 Å². The average Bonchev–Trinajstić information content (AvgIpc) is 2.60. The lowest BCUT2D eigenvalue weighted by atomic mass is 10.2. The van der Waals surface area contributed by atoms with E-state index in [1.54, 1.807) is 12.1 Å². The Kier molecular flexibility index (Phi) is 4.99. The van der Waals surface area contributed by atoms with Gasteiger partial charge in [-0.2, -0.15) is 0 Å². The van der Waals surface area contributed by atoms with E-state index in [0.717, 1.165) is 10.5 Å². The summed E-state index contributed by atoms with van der Waals surface area (Å²) in [7, 11) is 0. The second-order valence-corrected chi connectivity index (χ2v) is 6.69. The molecule has 7 nitrogen and oxygen atoms in total. The molecule has 0 aliphatic carbocycles. The summed E-state index contributed by atoms with van der Waals surface area (Å²) >= 11 is 1.33. The van der Waals surface area contributed by atoms with Crippen LogP contribution >= 0.6 is 11.8 Å². The molecule has 3 amide bonds. The number of urea groups is 1. The first-order valence-corrected chi connectivity index (χ1v) is 8.47. The summed E-state index contributed by atoms with van der Waals surface area (Å²) in [4.78, 5) is 36.2. The quantitative estimate of drug-likeness (QED) is 0.504. The van der Waals surface area contributed by atoms with Crippen molar-refractivity contribution in [2.45, 2.75) is 23.2 Å². The van der Waals surface area contributed by atoms with E-state index in [0.29, 0.717) is 6.54 Å². The van der Waals surface area contributed by atoms with E-state index in [4.69, 9.17) is 0 Å². The molecule has 3 rings (SSSR count). The van der Waals surface area contributed by atoms with Crippen LogP contribution in [0.5, 0.6) is 0 Å². The van der Waals surface area contributed by atoms with Crippen molar-refractivity contribution in [2.24, 2.45) is 0 Å². The molecule has 0 aromatic heterocycles. The Labute approximate surface area is 148 Å². The second-order valence-electron chi connectivity index (χ2n) is 5.44. The molecule has 1 unspecified atom stereocenters. The van der Waals surface area contributed by atoms with Crippen LogP contribution in [0.2, 0.25) is 0 Å². The second kappa shape index (κ2) is 7.35. The number of likely N-dealkylation sites (tertiary alicyclic amines) is 1. The standard InChI is InChI=1S/C17H15N3O4S/c21-15-10-16(25-14-8-6-13(7-9-14)20(23)24)19(15)17(22)18-11-12-4-2-1-3-5-12/h1-9,16H,10-11H2,(H,18,22). The SMILES string of the molecule is O=C1CC(Sc2ccc([N+](=O)[O-])cc2)N1C(=O)NCc1ccccc1. The predicted octanol–water partition coefficient (Wildman–Crippen LogP) is 3.16. The van der Waals surface area contributed by atoms with Crippen LogP contribution in [0.4, 0.5) is 10.5 Å². The van der Waals surface area contributed by atoms with Crippen molar-refractivity contribution in [3.05, 3.63) is 70.3 Å². The predicted molar refractivity (Wildman–Crippen MR) is 92.9 cm³/mol. The van der Waals surface area contributed by atoms with Gasteiger partial charge in [0.2, 0.25) is 5.91 Å². The molecule has 0 saturated carbocycles. The van der Waals surface area contributed by atoms with E-state index >= 15 is 0 Å². The molecule has 1 atom stereocenters. The Bertz CT molecular complexity index is 795. The first-order valence-electron chi connectivity index (χ1n) is 7.59. The maximum Gasteiger partial charge on any atom is 0.325 e. The molecule has 25 heavy (non-hydrogen) atoms. The highest BCUT2D eigenvalue weighted by Crippen LogP contribution is 2.35. The number of hydrogen-bond acceptors (Lipinski definition) is 5. The van der Waals surface area contributed by atoms with Gasteiger partial charge in [0, 0.05) is 23.6 Å². The Morgan fingerprint density at radius 3 is 2.48 bits per heavy atom. The minimum atomic E-state index is -0.468. The van der Waals surface area contributed by atoms with E-state index in [1.165, 1.54) is 28.8 Å².